The number of nitrogens with one attached hydrogen (secondary N) is 1. The lowest BCUT2D eigenvalue weighted by Gasteiger charge is -1.99. The van der Waals surface area contributed by atoms with Crippen molar-refractivity contribution >= 4 is 0 Å². The Labute approximate surface area is 64.5 Å². The molecule has 0 aromatic rings. The van der Waals surface area contributed by atoms with Gasteiger partial charge in [-0.3, -0.25) is 0 Å². The molecule has 0 aliphatic heterocycles. The van der Waals surface area contributed by atoms with Crippen LogP contribution < -0.4 is 5.32 Å². The topological polar surface area (TPSA) is 12.0 Å². The smallest absolute Gasteiger partial charge is 0.00143 e. The fourth-order valence-corrected chi connectivity index (χ4v) is 0.779. The molecule has 0 aromatic carbocycles. The van der Waals surface area contributed by atoms with Crippen molar-refractivity contribution in [3.63, 3.8) is 0 Å². The molecule has 60 valence electrons. The van der Waals surface area contributed by atoms with Crippen LogP contribution in [-0.4, -0.2) is 13.1 Å². The van der Waals surface area contributed by atoms with Crippen LogP contribution in [0.5, 0.6) is 0 Å². The normalized spacial score (nSPS) is 11.0. The molecule has 0 aliphatic carbocycles. The first-order valence-corrected chi connectivity index (χ1v) is 4.23. The Kier molecular flexibility index (Phi) is 8.44. The van der Waals surface area contributed by atoms with Gasteiger partial charge in [0.1, 0.15) is 0 Å². The zero-order chi connectivity index (χ0) is 7.66. The number of rotatable bonds is 6. The fourth-order valence-electron chi connectivity index (χ4n) is 0.779. The fraction of sp³-hybridized carbons (Fsp3) is 0.778. The predicted octanol–water partition coefficient (Wildman–Crippen LogP) is 2.34. The molecule has 0 rings (SSSR count). The highest BCUT2D eigenvalue weighted by Crippen LogP contribution is 1.83. The first-order valence-electron chi connectivity index (χ1n) is 4.23. The Hall–Kier alpha value is -0.300. The van der Waals surface area contributed by atoms with Crippen LogP contribution in [-0.2, 0) is 0 Å². The van der Waals surface area contributed by atoms with Crippen LogP contribution >= 0.6 is 0 Å². The second-order valence-electron chi connectivity index (χ2n) is 2.46. The maximum Gasteiger partial charge on any atom is -0.00143 e. The summed E-state index contributed by atoms with van der Waals surface area (Å²) >= 11 is 0. The zero-order valence-electron chi connectivity index (χ0n) is 7.19. The highest BCUT2D eigenvalue weighted by molar-refractivity contribution is 4.77. The Morgan fingerprint density at radius 3 is 2.70 bits per heavy atom. The van der Waals surface area contributed by atoms with Crippen LogP contribution in [0.1, 0.15) is 33.1 Å². The Bertz CT molecular complexity index is 76.8. The summed E-state index contributed by atoms with van der Waals surface area (Å²) in [5.74, 6) is 0. The first-order chi connectivity index (χ1) is 4.91. The van der Waals surface area contributed by atoms with Crippen LogP contribution in [0.2, 0.25) is 0 Å². The van der Waals surface area contributed by atoms with Gasteiger partial charge in [-0.15, -0.1) is 0 Å². The van der Waals surface area contributed by atoms with Gasteiger partial charge in [-0.25, -0.2) is 0 Å². The van der Waals surface area contributed by atoms with E-state index in [0.29, 0.717) is 0 Å². The van der Waals surface area contributed by atoms with E-state index >= 15 is 0 Å². The zero-order valence-corrected chi connectivity index (χ0v) is 7.19. The van der Waals surface area contributed by atoms with Crippen molar-refractivity contribution < 1.29 is 0 Å². The molecule has 0 unspecified atom stereocenters. The van der Waals surface area contributed by atoms with Gasteiger partial charge >= 0.3 is 0 Å². The Balaban J connectivity index is 2.77. The van der Waals surface area contributed by atoms with Crippen molar-refractivity contribution in [1.29, 1.82) is 0 Å². The quantitative estimate of drug-likeness (QED) is 0.442. The molecule has 0 heterocycles. The van der Waals surface area contributed by atoms with Crippen molar-refractivity contribution in [1.82, 2.24) is 5.32 Å². The van der Waals surface area contributed by atoms with E-state index < -0.39 is 0 Å². The summed E-state index contributed by atoms with van der Waals surface area (Å²) in [6.07, 6.45) is 8.05. The standard InChI is InChI=1S/C9H19N/c1-3-5-7-9-10-8-6-4-2/h3,5,10H,4,6-9H2,1-2H3/b5-3+. The molecule has 1 heteroatoms. The van der Waals surface area contributed by atoms with Crippen LogP contribution in [0, 0.1) is 0 Å². The van der Waals surface area contributed by atoms with Crippen molar-refractivity contribution in [2.45, 2.75) is 33.1 Å². The highest BCUT2D eigenvalue weighted by Gasteiger charge is 1.82. The van der Waals surface area contributed by atoms with E-state index in [1.807, 2.05) is 0 Å². The molecule has 0 saturated heterocycles. The first kappa shape index (κ1) is 9.70. The summed E-state index contributed by atoms with van der Waals surface area (Å²) in [6, 6.07) is 0. The molecule has 0 aliphatic rings. The van der Waals surface area contributed by atoms with E-state index in [-0.39, 0.29) is 0 Å². The average molecular weight is 141 g/mol. The SMILES string of the molecule is C/C=C/CCNCCCC. The monoisotopic (exact) mass is 141 g/mol. The number of unbranched alkanes of at least 4 members (excludes halogenated alkanes) is 1. The Morgan fingerprint density at radius 1 is 1.30 bits per heavy atom. The molecule has 1 N–H and O–H groups in total. The van der Waals surface area contributed by atoms with Crippen molar-refractivity contribution in [2.75, 3.05) is 13.1 Å². The maximum atomic E-state index is 3.37. The molecule has 1 nitrogen and oxygen atoms in total. The maximum absolute atomic E-state index is 3.37. The van der Waals surface area contributed by atoms with E-state index in [2.05, 4.69) is 31.3 Å². The molecule has 0 spiro atoms. The lowest BCUT2D eigenvalue weighted by molar-refractivity contribution is 0.645. The van der Waals surface area contributed by atoms with Gasteiger partial charge in [-0.2, -0.15) is 0 Å². The minimum atomic E-state index is 1.13. The average Bonchev–Trinajstić information content (AvgIpc) is 1.97. The molecule has 0 amide bonds. The lowest BCUT2D eigenvalue weighted by atomic mass is 10.3. The molecule has 0 fully saturated rings. The third-order valence-corrected chi connectivity index (χ3v) is 1.43. The number of hydrogen-bond acceptors (Lipinski definition) is 1. The van der Waals surface area contributed by atoms with Gasteiger partial charge in [0.2, 0.25) is 0 Å². The van der Waals surface area contributed by atoms with Crippen LogP contribution in [0.4, 0.5) is 0 Å². The second-order valence-corrected chi connectivity index (χ2v) is 2.46. The summed E-state index contributed by atoms with van der Waals surface area (Å²) in [7, 11) is 0. The predicted molar refractivity (Wildman–Crippen MR) is 47.2 cm³/mol. The second kappa shape index (κ2) is 8.70. The summed E-state index contributed by atoms with van der Waals surface area (Å²) < 4.78 is 0. The summed E-state index contributed by atoms with van der Waals surface area (Å²) in [5, 5.41) is 3.37. The van der Waals surface area contributed by atoms with Gasteiger partial charge in [0.15, 0.2) is 0 Å². The van der Waals surface area contributed by atoms with E-state index in [9.17, 15) is 0 Å². The molecule has 0 radical (unpaired) electrons. The van der Waals surface area contributed by atoms with Crippen LogP contribution in [0.3, 0.4) is 0 Å². The van der Waals surface area contributed by atoms with Crippen LogP contribution in [0.15, 0.2) is 12.2 Å². The third-order valence-electron chi connectivity index (χ3n) is 1.43. The van der Waals surface area contributed by atoms with Gasteiger partial charge in [-0.1, -0.05) is 25.5 Å². The van der Waals surface area contributed by atoms with Gasteiger partial charge in [0.05, 0.1) is 0 Å². The number of allylic oxidation sites excluding steroid dienone is 1. The molecule has 0 saturated carbocycles. The van der Waals surface area contributed by atoms with Gasteiger partial charge < -0.3 is 5.32 Å². The lowest BCUT2D eigenvalue weighted by Crippen LogP contribution is -2.15. The van der Waals surface area contributed by atoms with E-state index in [0.717, 1.165) is 6.54 Å². The highest BCUT2D eigenvalue weighted by atomic mass is 14.8. The van der Waals surface area contributed by atoms with Crippen molar-refractivity contribution in [3.05, 3.63) is 12.2 Å². The van der Waals surface area contributed by atoms with Crippen LogP contribution in [0.25, 0.3) is 0 Å². The minimum absolute atomic E-state index is 1.13. The number of hydrogen-bond donors (Lipinski definition) is 1. The van der Waals surface area contributed by atoms with Crippen molar-refractivity contribution in [2.24, 2.45) is 0 Å². The molecular weight excluding hydrogens is 122 g/mol. The summed E-state index contributed by atoms with van der Waals surface area (Å²) in [4.78, 5) is 0. The molecule has 0 bridgehead atoms. The van der Waals surface area contributed by atoms with Gasteiger partial charge in [-0.05, 0) is 32.9 Å². The molecule has 10 heavy (non-hydrogen) atoms. The minimum Gasteiger partial charge on any atom is -0.316 e. The summed E-state index contributed by atoms with van der Waals surface area (Å²) in [5.41, 5.74) is 0. The van der Waals surface area contributed by atoms with E-state index in [1.54, 1.807) is 0 Å². The van der Waals surface area contributed by atoms with E-state index in [1.165, 1.54) is 25.8 Å². The molecule has 0 atom stereocenters. The Morgan fingerprint density at radius 2 is 2.10 bits per heavy atom. The van der Waals surface area contributed by atoms with E-state index in [4.69, 9.17) is 0 Å². The molecule has 0 aromatic heterocycles. The third kappa shape index (κ3) is 7.70. The summed E-state index contributed by atoms with van der Waals surface area (Å²) in [6.45, 7) is 6.58. The van der Waals surface area contributed by atoms with Crippen molar-refractivity contribution in [3.8, 4) is 0 Å². The largest absolute Gasteiger partial charge is 0.316 e. The van der Waals surface area contributed by atoms with Gasteiger partial charge in [0.25, 0.3) is 0 Å². The molecular formula is C9H19N. The van der Waals surface area contributed by atoms with Gasteiger partial charge in [0, 0.05) is 0 Å².